The highest BCUT2D eigenvalue weighted by Crippen LogP contribution is 2.31. The molecule has 0 fully saturated rings. The van der Waals surface area contributed by atoms with Gasteiger partial charge in [-0.3, -0.25) is 10.1 Å². The Morgan fingerprint density at radius 1 is 1.56 bits per heavy atom. The topological polar surface area (TPSA) is 81.5 Å². The molecule has 1 aromatic rings. The van der Waals surface area contributed by atoms with Crippen LogP contribution in [0.1, 0.15) is 12.5 Å². The smallest absolute Gasteiger partial charge is 0.327 e. The van der Waals surface area contributed by atoms with E-state index in [1.807, 2.05) is 0 Å². The van der Waals surface area contributed by atoms with Crippen molar-refractivity contribution in [1.29, 1.82) is 0 Å². The summed E-state index contributed by atoms with van der Waals surface area (Å²) in [6.45, 7) is 3.29. The molecular weight excluding hydrogens is 304 g/mol. The van der Waals surface area contributed by atoms with E-state index in [-0.39, 0.29) is 5.69 Å². The number of hydrogen-bond acceptors (Lipinski definition) is 5. The fourth-order valence-corrected chi connectivity index (χ4v) is 1.89. The van der Waals surface area contributed by atoms with E-state index in [9.17, 15) is 14.9 Å². The highest BCUT2D eigenvalue weighted by molar-refractivity contribution is 9.10. The molecule has 0 aromatic heterocycles. The van der Waals surface area contributed by atoms with Crippen molar-refractivity contribution in [3.8, 4) is 0 Å². The van der Waals surface area contributed by atoms with Crippen LogP contribution in [0.25, 0.3) is 0 Å². The lowest BCUT2D eigenvalue weighted by Gasteiger charge is -2.14. The molecule has 0 saturated heterocycles. The van der Waals surface area contributed by atoms with Gasteiger partial charge in [0.15, 0.2) is 0 Å². The Balaban J connectivity index is 3.02. The molecule has 1 N–H and O–H groups in total. The Morgan fingerprint density at radius 2 is 2.17 bits per heavy atom. The van der Waals surface area contributed by atoms with Crippen molar-refractivity contribution in [2.75, 3.05) is 12.4 Å². The number of nitrogens with zero attached hydrogens (tertiary/aromatic N) is 1. The second kappa shape index (κ2) is 5.81. The molecule has 0 bridgehead atoms. The summed E-state index contributed by atoms with van der Waals surface area (Å²) < 4.78 is 5.11. The van der Waals surface area contributed by atoms with Gasteiger partial charge in [-0.25, -0.2) is 4.79 Å². The summed E-state index contributed by atoms with van der Waals surface area (Å²) in [5.74, 6) is -0.405. The summed E-state index contributed by atoms with van der Waals surface area (Å²) in [5.41, 5.74) is 1.15. The van der Waals surface area contributed by atoms with Crippen LogP contribution in [0, 0.1) is 17.0 Å². The van der Waals surface area contributed by atoms with Crippen molar-refractivity contribution < 1.29 is 14.5 Å². The fourth-order valence-electron chi connectivity index (χ4n) is 1.45. The number of methoxy groups -OCH3 is 1. The van der Waals surface area contributed by atoms with E-state index in [0.717, 1.165) is 0 Å². The molecule has 1 rings (SSSR count). The molecule has 0 aliphatic heterocycles. The molecule has 6 nitrogen and oxygen atoms in total. The Morgan fingerprint density at radius 3 is 2.67 bits per heavy atom. The summed E-state index contributed by atoms with van der Waals surface area (Å²) in [5, 5.41) is 13.7. The van der Waals surface area contributed by atoms with Crippen LogP contribution in [0.4, 0.5) is 11.4 Å². The number of ether oxygens (including phenoxy) is 1. The van der Waals surface area contributed by atoms with E-state index in [1.54, 1.807) is 19.9 Å². The first-order valence-electron chi connectivity index (χ1n) is 5.15. The third kappa shape index (κ3) is 3.19. The average Bonchev–Trinajstić information content (AvgIpc) is 2.31. The van der Waals surface area contributed by atoms with Gasteiger partial charge in [-0.05, 0) is 35.8 Å². The van der Waals surface area contributed by atoms with Gasteiger partial charge >= 0.3 is 5.97 Å². The minimum absolute atomic E-state index is 0.0261. The zero-order valence-corrected chi connectivity index (χ0v) is 11.8. The molecule has 98 valence electrons. The maximum Gasteiger partial charge on any atom is 0.327 e. The molecule has 7 heteroatoms. The van der Waals surface area contributed by atoms with Crippen LogP contribution < -0.4 is 5.32 Å². The van der Waals surface area contributed by atoms with Gasteiger partial charge in [0, 0.05) is 21.8 Å². The largest absolute Gasteiger partial charge is 0.467 e. The first-order chi connectivity index (χ1) is 8.36. The number of aryl methyl sites for hydroxylation is 1. The monoisotopic (exact) mass is 316 g/mol. The van der Waals surface area contributed by atoms with Gasteiger partial charge in [0.25, 0.3) is 5.69 Å². The number of nitrogens with one attached hydrogen (secondary N) is 1. The lowest BCUT2D eigenvalue weighted by atomic mass is 10.1. The van der Waals surface area contributed by atoms with Gasteiger partial charge in [0.05, 0.1) is 12.0 Å². The Bertz CT molecular complexity index is 490. The molecule has 1 aromatic carbocycles. The number of benzene rings is 1. The first-order valence-corrected chi connectivity index (χ1v) is 5.95. The van der Waals surface area contributed by atoms with Crippen molar-refractivity contribution in [2.24, 2.45) is 0 Å². The summed E-state index contributed by atoms with van der Waals surface area (Å²) in [7, 11) is 1.30. The van der Waals surface area contributed by atoms with Crippen LogP contribution in [-0.2, 0) is 9.53 Å². The average molecular weight is 317 g/mol. The molecule has 0 aliphatic carbocycles. The molecule has 1 unspecified atom stereocenters. The van der Waals surface area contributed by atoms with Crippen LogP contribution >= 0.6 is 15.9 Å². The quantitative estimate of drug-likeness (QED) is 0.524. The maximum absolute atomic E-state index is 11.3. The summed E-state index contributed by atoms with van der Waals surface area (Å²) >= 11 is 3.23. The standard InChI is InChI=1S/C11H13BrN2O4/c1-6-4-9(13-7(2)11(15)18-3)8(12)5-10(6)14(16)17/h4-5,7,13H,1-3H3. The molecule has 0 radical (unpaired) electrons. The SMILES string of the molecule is COC(=O)C(C)Nc1cc(C)c([N+](=O)[O-])cc1Br. The van der Waals surface area contributed by atoms with Crippen molar-refractivity contribution in [2.45, 2.75) is 19.9 Å². The van der Waals surface area contributed by atoms with Crippen molar-refractivity contribution in [3.05, 3.63) is 32.3 Å². The molecule has 0 spiro atoms. The van der Waals surface area contributed by atoms with Crippen LogP contribution in [-0.4, -0.2) is 24.0 Å². The number of carbonyl (C=O) groups excluding carboxylic acids is 1. The lowest BCUT2D eigenvalue weighted by molar-refractivity contribution is -0.385. The predicted molar refractivity (Wildman–Crippen MR) is 70.6 cm³/mol. The summed E-state index contributed by atoms with van der Waals surface area (Å²) in [6, 6.07) is 2.48. The van der Waals surface area contributed by atoms with Crippen molar-refractivity contribution in [3.63, 3.8) is 0 Å². The third-order valence-electron chi connectivity index (χ3n) is 2.41. The number of halogens is 1. The Labute approximate surface area is 113 Å². The van der Waals surface area contributed by atoms with E-state index in [2.05, 4.69) is 26.0 Å². The van der Waals surface area contributed by atoms with Gasteiger partial charge < -0.3 is 10.1 Å². The van der Waals surface area contributed by atoms with Crippen LogP contribution in [0.5, 0.6) is 0 Å². The molecule has 18 heavy (non-hydrogen) atoms. The van der Waals surface area contributed by atoms with Crippen LogP contribution in [0.3, 0.4) is 0 Å². The molecule has 0 aliphatic rings. The lowest BCUT2D eigenvalue weighted by Crippen LogP contribution is -2.27. The van der Waals surface area contributed by atoms with Crippen molar-refractivity contribution in [1.82, 2.24) is 0 Å². The van der Waals surface area contributed by atoms with E-state index in [0.29, 0.717) is 15.7 Å². The molecule has 0 heterocycles. The normalized spacial score (nSPS) is 11.8. The second-order valence-electron chi connectivity index (χ2n) is 3.76. The van der Waals surface area contributed by atoms with Gasteiger partial charge in [0.1, 0.15) is 6.04 Å². The zero-order chi connectivity index (χ0) is 13.9. The number of nitro benzene ring substituents is 1. The van der Waals surface area contributed by atoms with Gasteiger partial charge in [-0.2, -0.15) is 0 Å². The molecule has 0 saturated carbocycles. The zero-order valence-electron chi connectivity index (χ0n) is 10.2. The van der Waals surface area contributed by atoms with E-state index >= 15 is 0 Å². The number of carbonyl (C=O) groups is 1. The van der Waals surface area contributed by atoms with Gasteiger partial charge in [0.2, 0.25) is 0 Å². The number of rotatable bonds is 4. The summed E-state index contributed by atoms with van der Waals surface area (Å²) in [4.78, 5) is 21.6. The highest BCUT2D eigenvalue weighted by Gasteiger charge is 2.18. The molecule has 1 atom stereocenters. The first kappa shape index (κ1) is 14.4. The number of hydrogen-bond donors (Lipinski definition) is 1. The minimum atomic E-state index is -0.535. The van der Waals surface area contributed by atoms with Crippen molar-refractivity contribution >= 4 is 33.3 Å². The number of anilines is 1. The van der Waals surface area contributed by atoms with E-state index in [4.69, 9.17) is 0 Å². The number of esters is 1. The van der Waals surface area contributed by atoms with Crippen LogP contribution in [0.2, 0.25) is 0 Å². The summed E-state index contributed by atoms with van der Waals surface area (Å²) in [6.07, 6.45) is 0. The highest BCUT2D eigenvalue weighted by atomic mass is 79.9. The minimum Gasteiger partial charge on any atom is -0.467 e. The fraction of sp³-hybridized carbons (Fsp3) is 0.364. The third-order valence-corrected chi connectivity index (χ3v) is 3.07. The van der Waals surface area contributed by atoms with Gasteiger partial charge in [-0.15, -0.1) is 0 Å². The molecule has 0 amide bonds. The van der Waals surface area contributed by atoms with E-state index < -0.39 is 16.9 Å². The molecular formula is C11H13BrN2O4. The number of nitro groups is 1. The Kier molecular flexibility index (Phi) is 4.66. The van der Waals surface area contributed by atoms with E-state index in [1.165, 1.54) is 13.2 Å². The maximum atomic E-state index is 11.3. The van der Waals surface area contributed by atoms with Gasteiger partial charge in [-0.1, -0.05) is 0 Å². The Hall–Kier alpha value is -1.63. The van der Waals surface area contributed by atoms with Crippen LogP contribution in [0.15, 0.2) is 16.6 Å². The second-order valence-corrected chi connectivity index (χ2v) is 4.62. The predicted octanol–water partition coefficient (Wildman–Crippen LogP) is 2.64.